The molecule has 0 aromatic rings. The smallest absolute Gasteiger partial charge is 0.224 e. The fourth-order valence-electron chi connectivity index (χ4n) is 6.65. The number of nitrogens with zero attached hydrogens (tertiary/aromatic N) is 1. The van der Waals surface area contributed by atoms with Crippen molar-refractivity contribution in [3.63, 3.8) is 0 Å². The SMILES string of the molecule is CCCCCCCCCCCCCCCCCC(=O)N(CCCCCCCCCCCCCC)C1O[C@H](CO)[C@@H](O)[C@H](O)[C@@H]1O. The summed E-state index contributed by atoms with van der Waals surface area (Å²) < 4.78 is 5.80. The van der Waals surface area contributed by atoms with Crippen molar-refractivity contribution in [2.45, 2.75) is 224 Å². The Morgan fingerprint density at radius 2 is 0.867 bits per heavy atom. The van der Waals surface area contributed by atoms with E-state index in [0.717, 1.165) is 38.5 Å². The highest BCUT2D eigenvalue weighted by Crippen LogP contribution is 2.25. The lowest BCUT2D eigenvalue weighted by molar-refractivity contribution is -0.262. The van der Waals surface area contributed by atoms with Gasteiger partial charge in [0.2, 0.25) is 5.91 Å². The maximum absolute atomic E-state index is 13.4. The quantitative estimate of drug-likeness (QED) is 0.0565. The summed E-state index contributed by atoms with van der Waals surface area (Å²) >= 11 is 0. The zero-order valence-corrected chi connectivity index (χ0v) is 29.7. The molecule has 45 heavy (non-hydrogen) atoms. The van der Waals surface area contributed by atoms with Crippen LogP contribution in [0.4, 0.5) is 0 Å². The lowest BCUT2D eigenvalue weighted by Gasteiger charge is -2.44. The molecule has 0 spiro atoms. The molecular formula is C38H75NO6. The molecular weight excluding hydrogens is 566 g/mol. The van der Waals surface area contributed by atoms with E-state index in [4.69, 9.17) is 4.74 Å². The molecule has 7 nitrogen and oxygen atoms in total. The Kier molecular flexibility index (Phi) is 27.6. The summed E-state index contributed by atoms with van der Waals surface area (Å²) in [5.74, 6) is -0.0860. The normalized spacial score (nSPS) is 21.8. The molecule has 0 aliphatic carbocycles. The van der Waals surface area contributed by atoms with Crippen molar-refractivity contribution in [2.75, 3.05) is 13.2 Å². The van der Waals surface area contributed by atoms with Crippen molar-refractivity contribution in [1.29, 1.82) is 0 Å². The Bertz CT molecular complexity index is 662. The molecule has 5 atom stereocenters. The van der Waals surface area contributed by atoms with Crippen LogP contribution in [0.15, 0.2) is 0 Å². The summed E-state index contributed by atoms with van der Waals surface area (Å²) in [5.41, 5.74) is 0. The number of carbonyl (C=O) groups is 1. The van der Waals surface area contributed by atoms with Crippen LogP contribution in [-0.2, 0) is 9.53 Å². The molecule has 1 amide bonds. The third-order valence-electron chi connectivity index (χ3n) is 9.74. The third kappa shape index (κ3) is 20.3. The second-order valence-electron chi connectivity index (χ2n) is 13.9. The summed E-state index contributed by atoms with van der Waals surface area (Å²) in [7, 11) is 0. The Balaban J connectivity index is 2.32. The van der Waals surface area contributed by atoms with Crippen molar-refractivity contribution in [1.82, 2.24) is 4.90 Å². The van der Waals surface area contributed by atoms with Gasteiger partial charge in [-0.25, -0.2) is 0 Å². The van der Waals surface area contributed by atoms with Crippen molar-refractivity contribution in [3.05, 3.63) is 0 Å². The lowest BCUT2D eigenvalue weighted by Crippen LogP contribution is -2.64. The Morgan fingerprint density at radius 3 is 1.24 bits per heavy atom. The first-order valence-electron chi connectivity index (χ1n) is 19.6. The van der Waals surface area contributed by atoms with Crippen LogP contribution < -0.4 is 0 Å². The second kappa shape index (κ2) is 29.4. The first-order valence-corrected chi connectivity index (χ1v) is 19.6. The zero-order valence-electron chi connectivity index (χ0n) is 29.7. The van der Waals surface area contributed by atoms with Crippen LogP contribution in [0.5, 0.6) is 0 Å². The fraction of sp³-hybridized carbons (Fsp3) is 0.974. The standard InChI is InChI=1S/C38H75NO6/c1-3-5-7-9-11-13-15-17-18-19-20-22-24-26-28-30-34(41)39(38-37(44)36(43)35(42)33(32-40)45-38)31-29-27-25-23-21-16-14-12-10-8-6-4-2/h33,35-38,40,42-44H,3-32H2,1-2H3/t33-,35-,36+,37+,38?/m1/s1. The Hall–Kier alpha value is -0.730. The first-order chi connectivity index (χ1) is 22.0. The van der Waals surface area contributed by atoms with Crippen molar-refractivity contribution in [3.8, 4) is 0 Å². The number of rotatable bonds is 31. The molecule has 268 valence electrons. The molecule has 0 saturated carbocycles. The summed E-state index contributed by atoms with van der Waals surface area (Å²) in [6.07, 6.45) is 27.7. The second-order valence-corrected chi connectivity index (χ2v) is 13.9. The predicted molar refractivity (Wildman–Crippen MR) is 186 cm³/mol. The number of hydrogen-bond acceptors (Lipinski definition) is 6. The van der Waals surface area contributed by atoms with Crippen LogP contribution in [0.1, 0.15) is 194 Å². The van der Waals surface area contributed by atoms with E-state index in [-0.39, 0.29) is 5.91 Å². The number of hydrogen-bond donors (Lipinski definition) is 4. The largest absolute Gasteiger partial charge is 0.394 e. The van der Waals surface area contributed by atoms with Crippen molar-refractivity contribution in [2.24, 2.45) is 0 Å². The fourth-order valence-corrected chi connectivity index (χ4v) is 6.65. The van der Waals surface area contributed by atoms with Gasteiger partial charge in [0.25, 0.3) is 0 Å². The van der Waals surface area contributed by atoms with Crippen LogP contribution >= 0.6 is 0 Å². The number of carbonyl (C=O) groups excluding carboxylic acids is 1. The van der Waals surface area contributed by atoms with E-state index in [1.165, 1.54) is 135 Å². The van der Waals surface area contributed by atoms with E-state index in [2.05, 4.69) is 13.8 Å². The summed E-state index contributed by atoms with van der Waals surface area (Å²) in [4.78, 5) is 14.9. The highest BCUT2D eigenvalue weighted by molar-refractivity contribution is 5.76. The molecule has 0 radical (unpaired) electrons. The van der Waals surface area contributed by atoms with Crippen molar-refractivity contribution < 1.29 is 30.0 Å². The molecule has 1 rings (SSSR count). The van der Waals surface area contributed by atoms with Crippen LogP contribution in [0.2, 0.25) is 0 Å². The van der Waals surface area contributed by atoms with Crippen molar-refractivity contribution >= 4 is 5.91 Å². The maximum Gasteiger partial charge on any atom is 0.224 e. The topological polar surface area (TPSA) is 110 Å². The monoisotopic (exact) mass is 642 g/mol. The molecule has 1 aliphatic rings. The van der Waals surface area contributed by atoms with Gasteiger partial charge in [0, 0.05) is 13.0 Å². The van der Waals surface area contributed by atoms with Crippen LogP contribution in [0.3, 0.4) is 0 Å². The van der Waals surface area contributed by atoms with Gasteiger partial charge in [-0.3, -0.25) is 4.79 Å². The van der Waals surface area contributed by atoms with E-state index in [9.17, 15) is 25.2 Å². The molecule has 0 bridgehead atoms. The average molecular weight is 642 g/mol. The van der Waals surface area contributed by atoms with Gasteiger partial charge in [0.15, 0.2) is 6.23 Å². The minimum absolute atomic E-state index is 0.0860. The van der Waals surface area contributed by atoms with Gasteiger partial charge >= 0.3 is 0 Å². The molecule has 1 unspecified atom stereocenters. The van der Waals surface area contributed by atoms with Gasteiger partial charge < -0.3 is 30.1 Å². The minimum atomic E-state index is -1.47. The van der Waals surface area contributed by atoms with Gasteiger partial charge in [0.1, 0.15) is 24.4 Å². The Labute approximate surface area is 277 Å². The van der Waals surface area contributed by atoms with Gasteiger partial charge in [0.05, 0.1) is 6.61 Å². The molecule has 1 fully saturated rings. The van der Waals surface area contributed by atoms with E-state index in [1.54, 1.807) is 4.90 Å². The molecule has 4 N–H and O–H groups in total. The molecule has 1 saturated heterocycles. The summed E-state index contributed by atoms with van der Waals surface area (Å²) in [5, 5.41) is 41.0. The van der Waals surface area contributed by atoms with Crippen LogP contribution in [0.25, 0.3) is 0 Å². The summed E-state index contributed by atoms with van der Waals surface area (Å²) in [6.45, 7) is 4.47. The number of aliphatic hydroxyl groups is 4. The zero-order chi connectivity index (χ0) is 33.0. The number of aliphatic hydroxyl groups excluding tert-OH is 4. The van der Waals surface area contributed by atoms with E-state index >= 15 is 0 Å². The predicted octanol–water partition coefficient (Wildman–Crippen LogP) is 8.58. The Morgan fingerprint density at radius 1 is 0.511 bits per heavy atom. The number of ether oxygens (including phenoxy) is 1. The molecule has 1 heterocycles. The molecule has 1 aliphatic heterocycles. The van der Waals surface area contributed by atoms with Gasteiger partial charge in [-0.2, -0.15) is 0 Å². The van der Waals surface area contributed by atoms with Gasteiger partial charge in [-0.05, 0) is 12.8 Å². The molecule has 0 aromatic heterocycles. The molecule has 0 aromatic carbocycles. The van der Waals surface area contributed by atoms with E-state index in [1.807, 2.05) is 0 Å². The van der Waals surface area contributed by atoms with E-state index in [0.29, 0.717) is 13.0 Å². The average Bonchev–Trinajstić information content (AvgIpc) is 3.04. The highest BCUT2D eigenvalue weighted by Gasteiger charge is 2.46. The molecule has 7 heteroatoms. The van der Waals surface area contributed by atoms with Crippen LogP contribution in [0, 0.1) is 0 Å². The number of unbranched alkanes of at least 4 members (excludes halogenated alkanes) is 25. The maximum atomic E-state index is 13.4. The summed E-state index contributed by atoms with van der Waals surface area (Å²) in [6, 6.07) is 0. The third-order valence-corrected chi connectivity index (χ3v) is 9.74. The van der Waals surface area contributed by atoms with Crippen LogP contribution in [-0.4, -0.2) is 75.0 Å². The lowest BCUT2D eigenvalue weighted by atomic mass is 9.97. The van der Waals surface area contributed by atoms with E-state index < -0.39 is 37.3 Å². The highest BCUT2D eigenvalue weighted by atomic mass is 16.6. The number of amides is 1. The first kappa shape index (κ1) is 42.3. The van der Waals surface area contributed by atoms with Gasteiger partial charge in [-0.15, -0.1) is 0 Å². The van der Waals surface area contributed by atoms with Gasteiger partial charge in [-0.1, -0.05) is 174 Å². The minimum Gasteiger partial charge on any atom is -0.394 e.